The van der Waals surface area contributed by atoms with Gasteiger partial charge in [0, 0.05) is 47.2 Å². The normalized spacial score (nSPS) is 34.3. The van der Waals surface area contributed by atoms with Gasteiger partial charge in [-0.05, 0) is 67.4 Å². The lowest BCUT2D eigenvalue weighted by Crippen LogP contribution is -2.57. The van der Waals surface area contributed by atoms with Crippen LogP contribution in [0.15, 0.2) is 66.4 Å². The van der Waals surface area contributed by atoms with Crippen LogP contribution in [0.4, 0.5) is 5.69 Å². The Bertz CT molecular complexity index is 1280. The summed E-state index contributed by atoms with van der Waals surface area (Å²) in [6.45, 7) is 5.56. The summed E-state index contributed by atoms with van der Waals surface area (Å²) in [6.07, 6.45) is 7.46. The number of nitrogens with one attached hydrogen (secondary N) is 2. The van der Waals surface area contributed by atoms with Crippen LogP contribution in [0.25, 0.3) is 0 Å². The molecule has 2 aromatic carbocycles. The molecule has 0 radical (unpaired) electrons. The molecule has 3 aliphatic carbocycles. The number of carbonyl (C=O) groups is 3. The molecule has 5 nitrogen and oxygen atoms in total. The molecule has 1 heterocycles. The van der Waals surface area contributed by atoms with Crippen molar-refractivity contribution in [2.45, 2.75) is 52.4 Å². The van der Waals surface area contributed by atoms with Crippen molar-refractivity contribution in [2.75, 3.05) is 11.9 Å². The number of rotatable bonds is 4. The SMILES string of the molecule is C[C@]12CCC3C(CNC4=CC(=O)CC[C@@]43C)C1CCC2C(=O)Nc1ccccc1C(=O)c1ccccc1. The van der Waals surface area contributed by atoms with Crippen LogP contribution in [0.5, 0.6) is 0 Å². The summed E-state index contributed by atoms with van der Waals surface area (Å²) in [4.78, 5) is 39.1. The lowest BCUT2D eigenvalue weighted by atomic mass is 9.50. The van der Waals surface area contributed by atoms with Crippen LogP contribution in [0.3, 0.4) is 0 Å². The Morgan fingerprint density at radius 1 is 0.919 bits per heavy atom. The molecule has 6 atom stereocenters. The fourth-order valence-electron chi connectivity index (χ4n) is 8.33. The summed E-state index contributed by atoms with van der Waals surface area (Å²) in [7, 11) is 0. The van der Waals surface area contributed by atoms with Crippen molar-refractivity contribution in [1.82, 2.24) is 5.32 Å². The topological polar surface area (TPSA) is 75.3 Å². The Morgan fingerprint density at radius 2 is 1.68 bits per heavy atom. The van der Waals surface area contributed by atoms with Crippen molar-refractivity contribution in [3.05, 3.63) is 77.5 Å². The summed E-state index contributed by atoms with van der Waals surface area (Å²) in [5, 5.41) is 6.81. The molecular formula is C32H36N2O3. The molecule has 4 unspecified atom stereocenters. The monoisotopic (exact) mass is 496 g/mol. The zero-order valence-corrected chi connectivity index (χ0v) is 21.8. The van der Waals surface area contributed by atoms with Gasteiger partial charge in [-0.2, -0.15) is 0 Å². The number of piperidine rings is 1. The predicted octanol–water partition coefficient (Wildman–Crippen LogP) is 5.77. The van der Waals surface area contributed by atoms with Gasteiger partial charge >= 0.3 is 0 Å². The largest absolute Gasteiger partial charge is 0.387 e. The number of hydrogen-bond donors (Lipinski definition) is 2. The van der Waals surface area contributed by atoms with Gasteiger partial charge in [0.15, 0.2) is 11.6 Å². The zero-order chi connectivity index (χ0) is 25.8. The number of amides is 1. The first-order chi connectivity index (χ1) is 17.8. The predicted molar refractivity (Wildman–Crippen MR) is 144 cm³/mol. The first-order valence-corrected chi connectivity index (χ1v) is 13.8. The third-order valence-corrected chi connectivity index (χ3v) is 10.4. The molecule has 0 aromatic heterocycles. The van der Waals surface area contributed by atoms with Gasteiger partial charge < -0.3 is 10.6 Å². The minimum atomic E-state index is -0.0798. The molecule has 0 bridgehead atoms. The van der Waals surface area contributed by atoms with Gasteiger partial charge in [0.1, 0.15) is 0 Å². The molecule has 6 rings (SSSR count). The van der Waals surface area contributed by atoms with E-state index in [1.165, 1.54) is 0 Å². The highest BCUT2D eigenvalue weighted by molar-refractivity contribution is 6.14. The van der Waals surface area contributed by atoms with E-state index in [9.17, 15) is 14.4 Å². The molecule has 4 aliphatic rings. The van der Waals surface area contributed by atoms with Crippen LogP contribution >= 0.6 is 0 Å². The van der Waals surface area contributed by atoms with E-state index < -0.39 is 0 Å². The van der Waals surface area contributed by atoms with Crippen molar-refractivity contribution in [1.29, 1.82) is 0 Å². The molecule has 1 aliphatic heterocycles. The first-order valence-electron chi connectivity index (χ1n) is 13.8. The van der Waals surface area contributed by atoms with Crippen LogP contribution in [-0.4, -0.2) is 24.0 Å². The number of ketones is 2. The van der Waals surface area contributed by atoms with E-state index in [2.05, 4.69) is 24.5 Å². The summed E-state index contributed by atoms with van der Waals surface area (Å²) in [5.41, 5.74) is 2.85. The second kappa shape index (κ2) is 8.97. The highest BCUT2D eigenvalue weighted by Crippen LogP contribution is 2.64. The van der Waals surface area contributed by atoms with Gasteiger partial charge in [-0.1, -0.05) is 56.3 Å². The van der Waals surface area contributed by atoms with Gasteiger partial charge in [0.2, 0.25) is 5.91 Å². The number of fused-ring (bicyclic) bond motifs is 5. The minimum Gasteiger partial charge on any atom is -0.387 e. The maximum atomic E-state index is 13.8. The van der Waals surface area contributed by atoms with Gasteiger partial charge in [0.05, 0.1) is 5.69 Å². The standard InChI is InChI=1S/C32H36N2O3/c1-31-17-15-25-23(19-33-28-18-21(35)14-16-32(25,28)2)24(31)12-13-26(31)30(37)34-27-11-7-6-10-22(27)29(36)20-8-4-3-5-9-20/h3-11,18,23-26,33H,12-17,19H2,1-2H3,(H,34,37)/t23?,24?,25?,26?,31-,32+/m0/s1. The average Bonchev–Trinajstić information content (AvgIpc) is 3.27. The van der Waals surface area contributed by atoms with Crippen LogP contribution in [0.1, 0.15) is 68.3 Å². The smallest absolute Gasteiger partial charge is 0.228 e. The lowest BCUT2D eigenvalue weighted by molar-refractivity contribution is -0.127. The van der Waals surface area contributed by atoms with Gasteiger partial charge in [0.25, 0.3) is 0 Å². The maximum Gasteiger partial charge on any atom is 0.228 e. The summed E-state index contributed by atoms with van der Waals surface area (Å²) in [5.74, 6) is 1.67. The van der Waals surface area contributed by atoms with E-state index in [-0.39, 0.29) is 34.2 Å². The lowest BCUT2D eigenvalue weighted by Gasteiger charge is -2.58. The highest BCUT2D eigenvalue weighted by atomic mass is 16.2. The summed E-state index contributed by atoms with van der Waals surface area (Å²) < 4.78 is 0. The third-order valence-electron chi connectivity index (χ3n) is 10.4. The van der Waals surface area contributed by atoms with Crippen LogP contribution in [-0.2, 0) is 9.59 Å². The van der Waals surface area contributed by atoms with Crippen molar-refractivity contribution in [2.24, 2.45) is 34.5 Å². The van der Waals surface area contributed by atoms with E-state index in [1.54, 1.807) is 6.07 Å². The number of benzene rings is 2. The van der Waals surface area contributed by atoms with Crippen LogP contribution in [0, 0.1) is 34.5 Å². The molecule has 2 N–H and O–H groups in total. The number of anilines is 1. The van der Waals surface area contributed by atoms with E-state index in [0.717, 1.165) is 44.3 Å². The van der Waals surface area contributed by atoms with Crippen molar-refractivity contribution in [3.8, 4) is 0 Å². The minimum absolute atomic E-state index is 0.0369. The fourth-order valence-corrected chi connectivity index (χ4v) is 8.33. The molecular weight excluding hydrogens is 460 g/mol. The zero-order valence-electron chi connectivity index (χ0n) is 21.8. The number of para-hydroxylation sites is 1. The number of allylic oxidation sites excluding steroid dienone is 2. The third kappa shape index (κ3) is 3.86. The number of hydrogen-bond acceptors (Lipinski definition) is 4. The summed E-state index contributed by atoms with van der Waals surface area (Å²) >= 11 is 0. The molecule has 192 valence electrons. The molecule has 1 amide bonds. The van der Waals surface area contributed by atoms with Crippen LogP contribution in [0.2, 0.25) is 0 Å². The van der Waals surface area contributed by atoms with Crippen molar-refractivity contribution in [3.63, 3.8) is 0 Å². The molecule has 37 heavy (non-hydrogen) atoms. The Balaban J connectivity index is 1.22. The van der Waals surface area contributed by atoms with E-state index in [0.29, 0.717) is 41.0 Å². The Kier molecular flexibility index (Phi) is 5.85. The molecule has 2 saturated carbocycles. The Labute approximate surface area is 219 Å². The van der Waals surface area contributed by atoms with E-state index in [1.807, 2.05) is 54.6 Å². The quantitative estimate of drug-likeness (QED) is 0.527. The van der Waals surface area contributed by atoms with Gasteiger partial charge in [-0.15, -0.1) is 0 Å². The van der Waals surface area contributed by atoms with Crippen LogP contribution < -0.4 is 10.6 Å². The maximum absolute atomic E-state index is 13.8. The highest BCUT2D eigenvalue weighted by Gasteiger charge is 2.60. The van der Waals surface area contributed by atoms with E-state index >= 15 is 0 Å². The molecule has 1 saturated heterocycles. The Morgan fingerprint density at radius 3 is 2.49 bits per heavy atom. The van der Waals surface area contributed by atoms with Crippen molar-refractivity contribution < 1.29 is 14.4 Å². The summed E-state index contributed by atoms with van der Waals surface area (Å²) in [6, 6.07) is 16.6. The Hall–Kier alpha value is -3.21. The van der Waals surface area contributed by atoms with Gasteiger partial charge in [-0.25, -0.2) is 0 Å². The van der Waals surface area contributed by atoms with Gasteiger partial charge in [-0.3, -0.25) is 14.4 Å². The molecule has 0 spiro atoms. The molecule has 3 fully saturated rings. The second-order valence-corrected chi connectivity index (χ2v) is 12.1. The average molecular weight is 497 g/mol. The first kappa shape index (κ1) is 24.1. The second-order valence-electron chi connectivity index (χ2n) is 12.1. The number of carbonyl (C=O) groups excluding carboxylic acids is 3. The fraction of sp³-hybridized carbons (Fsp3) is 0.469. The molecule has 2 aromatic rings. The van der Waals surface area contributed by atoms with Crippen molar-refractivity contribution >= 4 is 23.2 Å². The van der Waals surface area contributed by atoms with E-state index in [4.69, 9.17) is 0 Å². The molecule has 5 heteroatoms.